The van der Waals surface area contributed by atoms with Crippen LogP contribution < -0.4 is 0 Å². The van der Waals surface area contributed by atoms with E-state index in [1.165, 1.54) is 5.01 Å². The molecule has 2 amide bonds. The van der Waals surface area contributed by atoms with E-state index in [4.69, 9.17) is 0 Å². The van der Waals surface area contributed by atoms with Crippen molar-refractivity contribution in [3.8, 4) is 0 Å². The molecule has 0 aromatic heterocycles. The maximum absolute atomic E-state index is 14.0. The Balaban J connectivity index is 1.35. The number of nitrogens with zero attached hydrogens (tertiary/aromatic N) is 4. The predicted molar refractivity (Wildman–Crippen MR) is 155 cm³/mol. The molecule has 0 radical (unpaired) electrons. The fourth-order valence-corrected chi connectivity index (χ4v) is 6.61. The number of hydrogen-bond acceptors (Lipinski definition) is 6. The Morgan fingerprint density at radius 2 is 1.68 bits per heavy atom. The van der Waals surface area contributed by atoms with Gasteiger partial charge >= 0.3 is 6.09 Å². The van der Waals surface area contributed by atoms with Gasteiger partial charge in [0.25, 0.3) is 0 Å². The third kappa shape index (κ3) is 8.05. The topological polar surface area (TPSA) is 101 Å². The molecule has 2 heterocycles. The van der Waals surface area contributed by atoms with Crippen molar-refractivity contribution in [1.29, 1.82) is 0 Å². The van der Waals surface area contributed by atoms with Crippen LogP contribution >= 0.6 is 0 Å². The van der Waals surface area contributed by atoms with E-state index in [-0.39, 0.29) is 29.8 Å². The maximum atomic E-state index is 14.0. The van der Waals surface area contributed by atoms with E-state index in [1.807, 2.05) is 42.2 Å². The van der Waals surface area contributed by atoms with Gasteiger partial charge in [-0.25, -0.2) is 27.6 Å². The quantitative estimate of drug-likeness (QED) is 0.423. The van der Waals surface area contributed by atoms with Gasteiger partial charge in [0.1, 0.15) is 6.17 Å². The van der Waals surface area contributed by atoms with Crippen molar-refractivity contribution in [3.63, 3.8) is 0 Å². The molecule has 0 bridgehead atoms. The first-order chi connectivity index (χ1) is 19.6. The largest absolute Gasteiger partial charge is 0.464 e. The summed E-state index contributed by atoms with van der Waals surface area (Å²) in [6.45, 7) is 5.32. The highest BCUT2D eigenvalue weighted by atomic mass is 32.2. The Bertz CT molecular complexity index is 1270. The number of sulfone groups is 1. The van der Waals surface area contributed by atoms with Gasteiger partial charge in [-0.1, -0.05) is 42.5 Å². The summed E-state index contributed by atoms with van der Waals surface area (Å²) in [4.78, 5) is 30.0. The first-order valence-electron chi connectivity index (χ1n) is 14.3. The molecule has 9 nitrogen and oxygen atoms in total. The van der Waals surface area contributed by atoms with Gasteiger partial charge < -0.3 is 14.9 Å². The van der Waals surface area contributed by atoms with Gasteiger partial charge in [0.05, 0.1) is 17.4 Å². The molecule has 2 saturated heterocycles. The van der Waals surface area contributed by atoms with Gasteiger partial charge in [0.15, 0.2) is 9.84 Å². The van der Waals surface area contributed by atoms with Crippen molar-refractivity contribution in [1.82, 2.24) is 19.8 Å². The highest BCUT2D eigenvalue weighted by Gasteiger charge is 2.36. The van der Waals surface area contributed by atoms with E-state index in [2.05, 4.69) is 4.90 Å². The van der Waals surface area contributed by atoms with Gasteiger partial charge in [0.2, 0.25) is 5.91 Å². The standard InChI is InChI=1S/C30H41FN4O5S/c1-3-34(29(36)21-23-9-11-27(12-10-23)41(2,39)40)26-14-17-32(18-15-26)19-16-28(24-7-5-4-6-8-24)35(30(37)38)33-20-13-25(31)22-33/h4-12,25-26,28H,3,13-22H2,1-2H3,(H,37,38)/t25-,28?/m1/s1. The number of halogens is 1. The molecule has 1 N–H and O–H groups in total. The Morgan fingerprint density at radius 1 is 1.02 bits per heavy atom. The summed E-state index contributed by atoms with van der Waals surface area (Å²) in [6, 6.07) is 15.7. The fraction of sp³-hybridized carbons (Fsp3) is 0.533. The first kappa shape index (κ1) is 30.9. The maximum Gasteiger partial charge on any atom is 0.422 e. The number of hydrazine groups is 1. The van der Waals surface area contributed by atoms with E-state index >= 15 is 0 Å². The SMILES string of the molecule is CCN(C(=O)Cc1ccc(S(C)(=O)=O)cc1)C1CCN(CCC(c2ccccc2)N(C(=O)O)N2CC[C@@H](F)C2)CC1. The summed E-state index contributed by atoms with van der Waals surface area (Å²) in [7, 11) is -3.28. The Kier molecular flexibility index (Phi) is 10.4. The molecule has 4 rings (SSSR count). The average Bonchev–Trinajstić information content (AvgIpc) is 3.37. The molecule has 1 unspecified atom stereocenters. The second-order valence-corrected chi connectivity index (χ2v) is 13.0. The van der Waals surface area contributed by atoms with Gasteiger partial charge in [-0.3, -0.25) is 4.79 Å². The van der Waals surface area contributed by atoms with Gasteiger partial charge in [-0.15, -0.1) is 0 Å². The van der Waals surface area contributed by atoms with Crippen molar-refractivity contribution in [2.75, 3.05) is 45.5 Å². The second-order valence-electron chi connectivity index (χ2n) is 11.0. The number of carbonyl (C=O) groups excluding carboxylic acids is 1. The summed E-state index contributed by atoms with van der Waals surface area (Å²) in [5, 5.41) is 13.0. The Morgan fingerprint density at radius 3 is 2.22 bits per heavy atom. The number of rotatable bonds is 11. The average molecular weight is 589 g/mol. The van der Waals surface area contributed by atoms with Crippen LogP contribution in [-0.4, -0.2) is 103 Å². The minimum Gasteiger partial charge on any atom is -0.464 e. The van der Waals surface area contributed by atoms with Crippen LogP contribution in [0.3, 0.4) is 0 Å². The van der Waals surface area contributed by atoms with E-state index in [1.54, 1.807) is 29.3 Å². The molecular formula is C30H41FN4O5S. The van der Waals surface area contributed by atoms with Crippen molar-refractivity contribution >= 4 is 21.8 Å². The monoisotopic (exact) mass is 588 g/mol. The van der Waals surface area contributed by atoms with Crippen LogP contribution in [0.5, 0.6) is 0 Å². The lowest BCUT2D eigenvalue weighted by molar-refractivity contribution is -0.133. The molecule has 41 heavy (non-hydrogen) atoms. The third-order valence-electron chi connectivity index (χ3n) is 8.17. The molecule has 2 fully saturated rings. The number of likely N-dealkylation sites (tertiary alicyclic amines) is 1. The Hall–Kier alpha value is -3.02. The normalized spacial score (nSPS) is 19.6. The van der Waals surface area contributed by atoms with Crippen molar-refractivity contribution in [2.24, 2.45) is 0 Å². The molecule has 2 aromatic rings. The highest BCUT2D eigenvalue weighted by molar-refractivity contribution is 7.90. The minimum absolute atomic E-state index is 0.0241. The van der Waals surface area contributed by atoms with E-state index in [0.717, 1.165) is 43.3 Å². The second kappa shape index (κ2) is 13.8. The number of amides is 2. The van der Waals surface area contributed by atoms with Crippen LogP contribution in [0.4, 0.5) is 9.18 Å². The lowest BCUT2D eigenvalue weighted by atomic mass is 9.99. The molecule has 0 spiro atoms. The summed E-state index contributed by atoms with van der Waals surface area (Å²) in [5.74, 6) is 0.0241. The number of piperidine rings is 1. The van der Waals surface area contributed by atoms with Crippen LogP contribution in [0.15, 0.2) is 59.5 Å². The number of likely N-dealkylation sites (N-methyl/N-ethyl adjacent to an activating group) is 1. The zero-order valence-corrected chi connectivity index (χ0v) is 24.7. The van der Waals surface area contributed by atoms with Crippen molar-refractivity contribution in [2.45, 2.75) is 62.2 Å². The molecule has 2 aromatic carbocycles. The van der Waals surface area contributed by atoms with Crippen LogP contribution in [-0.2, 0) is 21.1 Å². The highest BCUT2D eigenvalue weighted by Crippen LogP contribution is 2.30. The predicted octanol–water partition coefficient (Wildman–Crippen LogP) is 4.02. The molecule has 2 aliphatic heterocycles. The van der Waals surface area contributed by atoms with E-state index < -0.39 is 28.1 Å². The van der Waals surface area contributed by atoms with Gasteiger partial charge in [0, 0.05) is 51.6 Å². The number of benzene rings is 2. The number of alkyl halides is 1. The van der Waals surface area contributed by atoms with Gasteiger partial charge in [-0.2, -0.15) is 0 Å². The Labute approximate surface area is 242 Å². The molecular weight excluding hydrogens is 547 g/mol. The lowest BCUT2D eigenvalue weighted by Gasteiger charge is -2.40. The zero-order valence-electron chi connectivity index (χ0n) is 23.9. The van der Waals surface area contributed by atoms with Crippen LogP contribution in [0.1, 0.15) is 49.8 Å². The summed E-state index contributed by atoms with van der Waals surface area (Å²) >= 11 is 0. The molecule has 0 saturated carbocycles. The van der Waals surface area contributed by atoms with Crippen LogP contribution in [0.25, 0.3) is 0 Å². The van der Waals surface area contributed by atoms with E-state index in [9.17, 15) is 27.5 Å². The number of hydrogen-bond donors (Lipinski definition) is 1. The molecule has 224 valence electrons. The summed E-state index contributed by atoms with van der Waals surface area (Å²) < 4.78 is 37.4. The fourth-order valence-electron chi connectivity index (χ4n) is 5.98. The van der Waals surface area contributed by atoms with Gasteiger partial charge in [-0.05, 0) is 55.9 Å². The van der Waals surface area contributed by atoms with Crippen LogP contribution in [0, 0.1) is 0 Å². The summed E-state index contributed by atoms with van der Waals surface area (Å²) in [5.41, 5.74) is 1.67. The lowest BCUT2D eigenvalue weighted by Crippen LogP contribution is -2.49. The molecule has 0 aliphatic carbocycles. The molecule has 2 aliphatic rings. The van der Waals surface area contributed by atoms with Crippen molar-refractivity contribution < 1.29 is 27.5 Å². The summed E-state index contributed by atoms with van der Waals surface area (Å²) in [6.07, 6.45) is 1.83. The van der Waals surface area contributed by atoms with E-state index in [0.29, 0.717) is 32.5 Å². The van der Waals surface area contributed by atoms with Crippen molar-refractivity contribution in [3.05, 3.63) is 65.7 Å². The van der Waals surface area contributed by atoms with Crippen LogP contribution in [0.2, 0.25) is 0 Å². The zero-order chi connectivity index (χ0) is 29.6. The number of carboxylic acid groups (broad SMARTS) is 1. The number of carbonyl (C=O) groups is 2. The first-order valence-corrected chi connectivity index (χ1v) is 16.2. The minimum atomic E-state index is -3.28. The molecule has 11 heteroatoms. The molecule has 2 atom stereocenters. The third-order valence-corrected chi connectivity index (χ3v) is 9.30. The smallest absolute Gasteiger partial charge is 0.422 e.